The van der Waals surface area contributed by atoms with Gasteiger partial charge in [0.15, 0.2) is 0 Å². The maximum absolute atomic E-state index is 3.52. The van der Waals surface area contributed by atoms with Gasteiger partial charge in [0.25, 0.3) is 0 Å². The maximum atomic E-state index is 3.52. The number of hydrogen-bond donors (Lipinski definition) is 1. The molecule has 2 saturated heterocycles. The van der Waals surface area contributed by atoms with Crippen molar-refractivity contribution >= 4 is 0 Å². The van der Waals surface area contributed by atoms with Gasteiger partial charge in [0.2, 0.25) is 0 Å². The first kappa shape index (κ1) is 14.1. The minimum absolute atomic E-state index is 0.564. The Labute approximate surface area is 123 Å². The molecule has 2 heterocycles. The van der Waals surface area contributed by atoms with Gasteiger partial charge in [-0.2, -0.15) is 0 Å². The molecule has 0 amide bonds. The molecule has 0 spiro atoms. The minimum atomic E-state index is 0.564. The van der Waals surface area contributed by atoms with Crippen LogP contribution in [0.25, 0.3) is 0 Å². The number of benzene rings is 1. The van der Waals surface area contributed by atoms with Crippen molar-refractivity contribution in [1.82, 2.24) is 10.2 Å². The highest BCUT2D eigenvalue weighted by Gasteiger charge is 2.37. The third-order valence-corrected chi connectivity index (χ3v) is 5.07. The molecule has 110 valence electrons. The van der Waals surface area contributed by atoms with Crippen LogP contribution >= 0.6 is 0 Å². The number of likely N-dealkylation sites (tertiary alicyclic amines) is 1. The largest absolute Gasteiger partial charge is 0.316 e. The Balaban J connectivity index is 1.63. The fourth-order valence-electron chi connectivity index (χ4n) is 3.82. The van der Waals surface area contributed by atoms with Crippen LogP contribution in [-0.2, 0) is 6.42 Å². The van der Waals surface area contributed by atoms with Gasteiger partial charge < -0.3 is 5.32 Å². The molecule has 0 aromatic heterocycles. The summed E-state index contributed by atoms with van der Waals surface area (Å²) in [4.78, 5) is 2.67. The summed E-state index contributed by atoms with van der Waals surface area (Å²) in [6.07, 6.45) is 1.19. The molecule has 1 aromatic carbocycles. The first-order valence-corrected chi connectivity index (χ1v) is 8.17. The number of hydrogen-bond acceptors (Lipinski definition) is 2. The summed E-state index contributed by atoms with van der Waals surface area (Å²) in [6, 6.07) is 9.89. The summed E-state index contributed by atoms with van der Waals surface area (Å²) in [7, 11) is 0. The van der Waals surface area contributed by atoms with Crippen molar-refractivity contribution in [2.24, 2.45) is 17.8 Å². The summed E-state index contributed by atoms with van der Waals surface area (Å²) >= 11 is 0. The lowest BCUT2D eigenvalue weighted by atomic mass is 9.99. The second-order valence-corrected chi connectivity index (χ2v) is 7.15. The number of nitrogens with one attached hydrogen (secondary N) is 1. The van der Waals surface area contributed by atoms with Crippen molar-refractivity contribution < 1.29 is 0 Å². The van der Waals surface area contributed by atoms with Gasteiger partial charge >= 0.3 is 0 Å². The van der Waals surface area contributed by atoms with E-state index in [0.29, 0.717) is 6.04 Å². The van der Waals surface area contributed by atoms with Crippen molar-refractivity contribution in [2.75, 3.05) is 26.2 Å². The van der Waals surface area contributed by atoms with E-state index in [1.165, 1.54) is 43.7 Å². The molecule has 0 bridgehead atoms. The zero-order valence-electron chi connectivity index (χ0n) is 13.1. The average molecular weight is 272 g/mol. The van der Waals surface area contributed by atoms with E-state index in [0.717, 1.165) is 17.8 Å². The van der Waals surface area contributed by atoms with Gasteiger partial charge in [0.1, 0.15) is 0 Å². The van der Waals surface area contributed by atoms with Gasteiger partial charge in [0.05, 0.1) is 0 Å². The third kappa shape index (κ3) is 2.91. The monoisotopic (exact) mass is 272 g/mol. The van der Waals surface area contributed by atoms with Crippen LogP contribution in [0.2, 0.25) is 0 Å². The summed E-state index contributed by atoms with van der Waals surface area (Å²) in [5, 5.41) is 3.52. The molecule has 0 aliphatic carbocycles. The maximum Gasteiger partial charge on any atom is 0.0320 e. The second kappa shape index (κ2) is 5.87. The Morgan fingerprint density at radius 2 is 1.65 bits per heavy atom. The van der Waals surface area contributed by atoms with Gasteiger partial charge in [-0.25, -0.2) is 0 Å². The Morgan fingerprint density at radius 3 is 2.20 bits per heavy atom. The zero-order chi connectivity index (χ0) is 14.1. The first-order chi connectivity index (χ1) is 9.63. The molecule has 3 unspecified atom stereocenters. The van der Waals surface area contributed by atoms with Crippen molar-refractivity contribution in [3.05, 3.63) is 35.4 Å². The van der Waals surface area contributed by atoms with Gasteiger partial charge in [-0.15, -0.1) is 0 Å². The van der Waals surface area contributed by atoms with Crippen LogP contribution in [0, 0.1) is 17.8 Å². The van der Waals surface area contributed by atoms with E-state index in [2.05, 4.69) is 55.3 Å². The quantitative estimate of drug-likeness (QED) is 0.906. The van der Waals surface area contributed by atoms with E-state index in [-0.39, 0.29) is 0 Å². The fourth-order valence-corrected chi connectivity index (χ4v) is 3.82. The van der Waals surface area contributed by atoms with E-state index < -0.39 is 0 Å². The van der Waals surface area contributed by atoms with Crippen LogP contribution in [0.4, 0.5) is 0 Å². The predicted molar refractivity (Wildman–Crippen MR) is 84.8 cm³/mol. The minimum Gasteiger partial charge on any atom is -0.316 e. The lowest BCUT2D eigenvalue weighted by molar-refractivity contribution is 0.244. The van der Waals surface area contributed by atoms with E-state index in [4.69, 9.17) is 0 Å². The number of fused-ring (bicyclic) bond motifs is 1. The van der Waals surface area contributed by atoms with Crippen LogP contribution in [0.5, 0.6) is 0 Å². The molecule has 2 heteroatoms. The SMILES string of the molecule is CC(C)Cc1ccc(C(C)N2CC3CNCC3C2)cc1. The second-order valence-electron chi connectivity index (χ2n) is 7.15. The van der Waals surface area contributed by atoms with Gasteiger partial charge in [-0.05, 0) is 55.3 Å². The van der Waals surface area contributed by atoms with Gasteiger partial charge in [0, 0.05) is 19.1 Å². The highest BCUT2D eigenvalue weighted by Crippen LogP contribution is 2.32. The average Bonchev–Trinajstić information content (AvgIpc) is 2.98. The fraction of sp³-hybridized carbons (Fsp3) is 0.667. The molecule has 0 radical (unpaired) electrons. The summed E-state index contributed by atoms with van der Waals surface area (Å²) in [6.45, 7) is 11.9. The van der Waals surface area contributed by atoms with Crippen LogP contribution in [0.15, 0.2) is 24.3 Å². The van der Waals surface area contributed by atoms with E-state index in [1.807, 2.05) is 0 Å². The summed E-state index contributed by atoms with van der Waals surface area (Å²) in [5.41, 5.74) is 2.95. The van der Waals surface area contributed by atoms with Crippen molar-refractivity contribution in [1.29, 1.82) is 0 Å². The van der Waals surface area contributed by atoms with Crippen molar-refractivity contribution in [2.45, 2.75) is 33.2 Å². The normalized spacial score (nSPS) is 28.0. The lowest BCUT2D eigenvalue weighted by Crippen LogP contribution is -2.28. The molecule has 2 aliphatic heterocycles. The Kier molecular flexibility index (Phi) is 4.13. The molecular formula is C18H28N2. The molecule has 0 saturated carbocycles. The highest BCUT2D eigenvalue weighted by atomic mass is 15.2. The molecule has 3 rings (SSSR count). The lowest BCUT2D eigenvalue weighted by Gasteiger charge is -2.25. The van der Waals surface area contributed by atoms with E-state index >= 15 is 0 Å². The van der Waals surface area contributed by atoms with Crippen LogP contribution in [-0.4, -0.2) is 31.1 Å². The van der Waals surface area contributed by atoms with Crippen LogP contribution < -0.4 is 5.32 Å². The predicted octanol–water partition coefficient (Wildman–Crippen LogP) is 3.10. The smallest absolute Gasteiger partial charge is 0.0320 e. The molecule has 20 heavy (non-hydrogen) atoms. The third-order valence-electron chi connectivity index (χ3n) is 5.07. The Bertz CT molecular complexity index is 425. The molecule has 2 aliphatic rings. The van der Waals surface area contributed by atoms with Crippen LogP contribution in [0.1, 0.15) is 37.9 Å². The van der Waals surface area contributed by atoms with Crippen LogP contribution in [0.3, 0.4) is 0 Å². The van der Waals surface area contributed by atoms with Crippen molar-refractivity contribution in [3.63, 3.8) is 0 Å². The number of nitrogens with zero attached hydrogens (tertiary/aromatic N) is 1. The molecule has 1 aromatic rings. The topological polar surface area (TPSA) is 15.3 Å². The Hall–Kier alpha value is -0.860. The van der Waals surface area contributed by atoms with Gasteiger partial charge in [-0.1, -0.05) is 38.1 Å². The summed E-state index contributed by atoms with van der Waals surface area (Å²) in [5.74, 6) is 2.51. The molecule has 2 fully saturated rings. The molecule has 1 N–H and O–H groups in total. The van der Waals surface area contributed by atoms with E-state index in [1.54, 1.807) is 0 Å². The number of rotatable bonds is 4. The molecule has 3 atom stereocenters. The Morgan fingerprint density at radius 1 is 1.05 bits per heavy atom. The standard InChI is InChI=1S/C18H28N2/c1-13(2)8-15-4-6-16(7-5-15)14(3)20-11-17-9-19-10-18(17)12-20/h4-7,13-14,17-19H,8-12H2,1-3H3. The first-order valence-electron chi connectivity index (χ1n) is 8.17. The summed E-state index contributed by atoms with van der Waals surface area (Å²) < 4.78 is 0. The molecular weight excluding hydrogens is 244 g/mol. The molecule has 2 nitrogen and oxygen atoms in total. The van der Waals surface area contributed by atoms with Gasteiger partial charge in [-0.3, -0.25) is 4.90 Å². The van der Waals surface area contributed by atoms with Crippen molar-refractivity contribution in [3.8, 4) is 0 Å². The zero-order valence-corrected chi connectivity index (χ0v) is 13.1. The highest BCUT2D eigenvalue weighted by molar-refractivity contribution is 5.25. The van der Waals surface area contributed by atoms with E-state index in [9.17, 15) is 0 Å².